The number of ether oxygens (including phenoxy) is 1. The molecule has 1 aliphatic heterocycles. The van der Waals surface area contributed by atoms with E-state index in [0.29, 0.717) is 25.2 Å². The number of alkyl halides is 2. The van der Waals surface area contributed by atoms with Crippen molar-refractivity contribution < 1.29 is 22.3 Å². The summed E-state index contributed by atoms with van der Waals surface area (Å²) in [6.45, 7) is 4.16. The Morgan fingerprint density at radius 1 is 1.05 bits per heavy atom. The predicted molar refractivity (Wildman–Crippen MR) is 126 cm³/mol. The SMILES string of the molecule is Cc1nc2nc(N3C[C@H](C)O[C@@H](c4cnn(C5CC5)c4)C3)nc(-c3ccc(F)cc3F)c2nc1C(F)F. The van der Waals surface area contributed by atoms with Crippen molar-refractivity contribution in [1.82, 2.24) is 29.7 Å². The van der Waals surface area contributed by atoms with Gasteiger partial charge < -0.3 is 9.64 Å². The van der Waals surface area contributed by atoms with Crippen molar-refractivity contribution in [3.63, 3.8) is 0 Å². The molecular formula is C25H23F4N7O. The molecule has 12 heteroatoms. The summed E-state index contributed by atoms with van der Waals surface area (Å²) in [5.74, 6) is -1.45. The van der Waals surface area contributed by atoms with E-state index in [1.54, 1.807) is 6.20 Å². The summed E-state index contributed by atoms with van der Waals surface area (Å²) < 4.78 is 63.8. The molecule has 8 nitrogen and oxygen atoms in total. The maximum atomic E-state index is 14.9. The first-order valence-electron chi connectivity index (χ1n) is 12.0. The number of hydrogen-bond donors (Lipinski definition) is 0. The second kappa shape index (κ2) is 9.02. The Balaban J connectivity index is 1.45. The maximum Gasteiger partial charge on any atom is 0.282 e. The molecule has 0 amide bonds. The first-order valence-corrected chi connectivity index (χ1v) is 12.0. The minimum Gasteiger partial charge on any atom is -0.367 e. The number of anilines is 1. The van der Waals surface area contributed by atoms with Crippen molar-refractivity contribution in [3.05, 3.63) is 59.2 Å². The highest BCUT2D eigenvalue weighted by Crippen LogP contribution is 2.36. The van der Waals surface area contributed by atoms with Crippen molar-refractivity contribution in [1.29, 1.82) is 0 Å². The van der Waals surface area contributed by atoms with Crippen LogP contribution in [0.3, 0.4) is 0 Å². The van der Waals surface area contributed by atoms with Crippen LogP contribution in [0.4, 0.5) is 23.5 Å². The van der Waals surface area contributed by atoms with Gasteiger partial charge in [-0.2, -0.15) is 10.1 Å². The zero-order chi connectivity index (χ0) is 25.8. The van der Waals surface area contributed by atoms with Crippen LogP contribution in [-0.2, 0) is 4.74 Å². The minimum absolute atomic E-state index is 0.0124. The van der Waals surface area contributed by atoms with E-state index in [1.807, 2.05) is 22.7 Å². The Bertz CT molecular complexity index is 1490. The molecule has 4 aromatic rings. The number of aryl methyl sites for hydroxylation is 1. The van der Waals surface area contributed by atoms with Gasteiger partial charge in [0.2, 0.25) is 5.95 Å². The second-order valence-corrected chi connectivity index (χ2v) is 9.49. The number of aromatic nitrogens is 6. The molecule has 192 valence electrons. The van der Waals surface area contributed by atoms with Crippen LogP contribution in [-0.4, -0.2) is 48.9 Å². The van der Waals surface area contributed by atoms with Crippen LogP contribution >= 0.6 is 0 Å². The average Bonchev–Trinajstić information content (AvgIpc) is 3.58. The molecule has 2 aliphatic rings. The van der Waals surface area contributed by atoms with E-state index in [0.717, 1.165) is 24.5 Å². The molecular weight excluding hydrogens is 490 g/mol. The molecule has 1 aliphatic carbocycles. The number of rotatable bonds is 5. The van der Waals surface area contributed by atoms with Gasteiger partial charge in [-0.1, -0.05) is 0 Å². The molecule has 0 bridgehead atoms. The zero-order valence-electron chi connectivity index (χ0n) is 20.1. The van der Waals surface area contributed by atoms with E-state index < -0.39 is 23.8 Å². The average molecular weight is 513 g/mol. The Hall–Kier alpha value is -3.67. The lowest BCUT2D eigenvalue weighted by atomic mass is 10.1. The molecule has 0 N–H and O–H groups in total. The van der Waals surface area contributed by atoms with Crippen LogP contribution in [0, 0.1) is 18.6 Å². The molecule has 1 saturated carbocycles. The van der Waals surface area contributed by atoms with Crippen LogP contribution < -0.4 is 4.90 Å². The molecule has 6 rings (SSSR count). The topological polar surface area (TPSA) is 81.9 Å². The fourth-order valence-corrected chi connectivity index (χ4v) is 4.60. The Morgan fingerprint density at radius 3 is 2.59 bits per heavy atom. The summed E-state index contributed by atoms with van der Waals surface area (Å²) in [6.07, 6.45) is 2.60. The van der Waals surface area contributed by atoms with Crippen LogP contribution in [0.2, 0.25) is 0 Å². The standard InChI is InChI=1S/C25H23F4N7O/c1-12-9-35(11-19(37-12)14-8-30-36(10-14)16-4-5-16)25-33-21(17-6-3-15(26)7-18(17)27)22-24(34-25)31-13(2)20(32-22)23(28)29/h3,6-8,10,12,16,19,23H,4-5,9,11H2,1-2H3/t12-,19+/m0/s1. The molecule has 3 aromatic heterocycles. The molecule has 0 spiro atoms. The highest BCUT2D eigenvalue weighted by Gasteiger charge is 2.32. The molecule has 0 unspecified atom stereocenters. The van der Waals surface area contributed by atoms with E-state index in [-0.39, 0.29) is 46.3 Å². The molecule has 2 atom stereocenters. The lowest BCUT2D eigenvalue weighted by Crippen LogP contribution is -2.43. The summed E-state index contributed by atoms with van der Waals surface area (Å²) in [7, 11) is 0. The Labute approximate surface area is 209 Å². The van der Waals surface area contributed by atoms with Gasteiger partial charge in [-0.15, -0.1) is 0 Å². The summed E-state index contributed by atoms with van der Waals surface area (Å²) in [5, 5.41) is 4.45. The molecule has 2 fully saturated rings. The van der Waals surface area contributed by atoms with Gasteiger partial charge in [-0.05, 0) is 38.8 Å². The third-order valence-electron chi connectivity index (χ3n) is 6.58. The number of fused-ring (bicyclic) bond motifs is 1. The molecule has 1 aromatic carbocycles. The second-order valence-electron chi connectivity index (χ2n) is 9.49. The lowest BCUT2D eigenvalue weighted by Gasteiger charge is -2.36. The predicted octanol–water partition coefficient (Wildman–Crippen LogP) is 5.11. The van der Waals surface area contributed by atoms with Crippen molar-refractivity contribution >= 4 is 17.1 Å². The van der Waals surface area contributed by atoms with E-state index >= 15 is 0 Å². The van der Waals surface area contributed by atoms with Gasteiger partial charge in [0.1, 0.15) is 34.6 Å². The van der Waals surface area contributed by atoms with Gasteiger partial charge in [-0.25, -0.2) is 32.5 Å². The minimum atomic E-state index is -2.89. The Morgan fingerprint density at radius 2 is 1.86 bits per heavy atom. The molecule has 1 saturated heterocycles. The van der Waals surface area contributed by atoms with Gasteiger partial charge in [0, 0.05) is 29.9 Å². The molecule has 37 heavy (non-hydrogen) atoms. The Kier molecular flexibility index (Phi) is 5.78. The van der Waals surface area contributed by atoms with Crippen LogP contribution in [0.5, 0.6) is 0 Å². The fraction of sp³-hybridized carbons (Fsp3) is 0.400. The van der Waals surface area contributed by atoms with Crippen molar-refractivity contribution in [2.45, 2.75) is 51.4 Å². The third kappa shape index (κ3) is 4.50. The van der Waals surface area contributed by atoms with Crippen LogP contribution in [0.15, 0.2) is 30.6 Å². The summed E-state index contributed by atoms with van der Waals surface area (Å²) in [6, 6.07) is 3.43. The van der Waals surface area contributed by atoms with Gasteiger partial charge in [0.25, 0.3) is 6.43 Å². The molecule has 0 radical (unpaired) electrons. The number of benzene rings is 1. The van der Waals surface area contributed by atoms with E-state index in [4.69, 9.17) is 4.74 Å². The first-order chi connectivity index (χ1) is 17.8. The van der Waals surface area contributed by atoms with E-state index in [1.165, 1.54) is 13.0 Å². The summed E-state index contributed by atoms with van der Waals surface area (Å²) in [5.41, 5.74) is 0.229. The van der Waals surface area contributed by atoms with Crippen LogP contribution in [0.1, 0.15) is 55.3 Å². The quantitative estimate of drug-likeness (QED) is 0.343. The van der Waals surface area contributed by atoms with E-state index in [9.17, 15) is 17.6 Å². The smallest absolute Gasteiger partial charge is 0.282 e. The van der Waals surface area contributed by atoms with Crippen molar-refractivity contribution in [2.24, 2.45) is 0 Å². The number of halogens is 4. The third-order valence-corrected chi connectivity index (χ3v) is 6.58. The van der Waals surface area contributed by atoms with Gasteiger partial charge >= 0.3 is 0 Å². The van der Waals surface area contributed by atoms with Crippen molar-refractivity contribution in [3.8, 4) is 11.3 Å². The lowest BCUT2D eigenvalue weighted by molar-refractivity contribution is -0.0178. The highest BCUT2D eigenvalue weighted by atomic mass is 19.3. The monoisotopic (exact) mass is 513 g/mol. The number of morpholine rings is 1. The molecule has 4 heterocycles. The van der Waals surface area contributed by atoms with Crippen molar-refractivity contribution in [2.75, 3.05) is 18.0 Å². The first kappa shape index (κ1) is 23.7. The van der Waals surface area contributed by atoms with Gasteiger partial charge in [-0.3, -0.25) is 4.68 Å². The number of hydrogen-bond acceptors (Lipinski definition) is 7. The van der Waals surface area contributed by atoms with Crippen LogP contribution in [0.25, 0.3) is 22.4 Å². The van der Waals surface area contributed by atoms with Gasteiger partial charge in [0.05, 0.1) is 30.6 Å². The maximum absolute atomic E-state index is 14.9. The fourth-order valence-electron chi connectivity index (χ4n) is 4.60. The zero-order valence-corrected chi connectivity index (χ0v) is 20.1. The normalized spacial score (nSPS) is 20.2. The largest absolute Gasteiger partial charge is 0.367 e. The summed E-state index contributed by atoms with van der Waals surface area (Å²) >= 11 is 0. The number of nitrogens with zero attached hydrogens (tertiary/aromatic N) is 7. The highest BCUT2D eigenvalue weighted by molar-refractivity contribution is 5.88. The van der Waals surface area contributed by atoms with E-state index in [2.05, 4.69) is 25.0 Å². The summed E-state index contributed by atoms with van der Waals surface area (Å²) in [4.78, 5) is 19.3. The van der Waals surface area contributed by atoms with Gasteiger partial charge in [0.15, 0.2) is 5.65 Å².